The third kappa shape index (κ3) is 3.34. The topological polar surface area (TPSA) is 78.7 Å². The predicted octanol–water partition coefficient (Wildman–Crippen LogP) is 2.13. The van der Waals surface area contributed by atoms with E-state index in [2.05, 4.69) is 25.5 Å². The maximum absolute atomic E-state index is 12.4. The second-order valence-corrected chi connectivity index (χ2v) is 6.17. The number of fused-ring (bicyclic) bond motifs is 1. The highest BCUT2D eigenvalue weighted by molar-refractivity contribution is 6.30. The van der Waals surface area contributed by atoms with E-state index in [4.69, 9.17) is 11.6 Å². The Balaban J connectivity index is 1.37. The Hall–Kier alpha value is -2.87. The van der Waals surface area contributed by atoms with Crippen LogP contribution in [-0.4, -0.2) is 56.9 Å². The molecule has 4 rings (SSSR count). The van der Waals surface area contributed by atoms with Crippen LogP contribution in [0.4, 0.5) is 16.3 Å². The molecule has 0 aliphatic carbocycles. The van der Waals surface area contributed by atoms with Gasteiger partial charge in [-0.05, 0) is 36.4 Å². The van der Waals surface area contributed by atoms with Gasteiger partial charge in [-0.25, -0.2) is 4.79 Å². The fourth-order valence-corrected chi connectivity index (χ4v) is 2.89. The average Bonchev–Trinajstić information content (AvgIpc) is 3.11. The minimum atomic E-state index is -0.107. The zero-order valence-corrected chi connectivity index (χ0v) is 14.1. The van der Waals surface area contributed by atoms with Crippen molar-refractivity contribution in [1.29, 1.82) is 0 Å². The number of nitrogens with zero attached hydrogens (tertiary/aromatic N) is 6. The van der Waals surface area contributed by atoms with Crippen molar-refractivity contribution in [2.75, 3.05) is 36.4 Å². The number of carbonyl (C=O) groups excluding carboxylic acids is 1. The van der Waals surface area contributed by atoms with E-state index in [0.717, 1.165) is 11.5 Å². The molecule has 0 bridgehead atoms. The van der Waals surface area contributed by atoms with E-state index < -0.39 is 0 Å². The number of urea groups is 1. The van der Waals surface area contributed by atoms with Crippen molar-refractivity contribution in [1.82, 2.24) is 24.7 Å². The van der Waals surface area contributed by atoms with Crippen molar-refractivity contribution in [3.8, 4) is 0 Å². The fourth-order valence-electron chi connectivity index (χ4n) is 2.76. The summed E-state index contributed by atoms with van der Waals surface area (Å²) in [6.07, 6.45) is 1.58. The number of piperazine rings is 1. The second-order valence-electron chi connectivity index (χ2n) is 5.74. The largest absolute Gasteiger partial charge is 0.352 e. The number of hydrogen-bond donors (Lipinski definition) is 1. The third-order valence-corrected chi connectivity index (χ3v) is 4.39. The number of anilines is 2. The van der Waals surface area contributed by atoms with Gasteiger partial charge in [0.25, 0.3) is 0 Å². The van der Waals surface area contributed by atoms with Gasteiger partial charge in [0.15, 0.2) is 5.65 Å². The van der Waals surface area contributed by atoms with Crippen molar-refractivity contribution in [3.05, 3.63) is 47.7 Å². The first kappa shape index (κ1) is 15.6. The summed E-state index contributed by atoms with van der Waals surface area (Å²) in [6, 6.07) is 10.8. The summed E-state index contributed by atoms with van der Waals surface area (Å²) in [6.45, 7) is 2.69. The van der Waals surface area contributed by atoms with E-state index >= 15 is 0 Å². The first-order valence-corrected chi connectivity index (χ1v) is 8.30. The van der Waals surface area contributed by atoms with E-state index in [0.29, 0.717) is 36.8 Å². The number of carbonyl (C=O) groups is 1. The lowest BCUT2D eigenvalue weighted by molar-refractivity contribution is 0.208. The molecule has 1 fully saturated rings. The van der Waals surface area contributed by atoms with Crippen LogP contribution in [0.1, 0.15) is 0 Å². The quantitative estimate of drug-likeness (QED) is 0.760. The molecule has 1 aromatic carbocycles. The molecule has 2 amide bonds. The monoisotopic (exact) mass is 357 g/mol. The number of hydrogen-bond acceptors (Lipinski definition) is 5. The number of amides is 2. The highest BCUT2D eigenvalue weighted by Crippen LogP contribution is 2.16. The van der Waals surface area contributed by atoms with Gasteiger partial charge in [0.2, 0.25) is 0 Å². The van der Waals surface area contributed by atoms with Crippen molar-refractivity contribution in [2.45, 2.75) is 0 Å². The van der Waals surface area contributed by atoms with Crippen LogP contribution in [0.5, 0.6) is 0 Å². The molecule has 0 saturated carbocycles. The van der Waals surface area contributed by atoms with Crippen molar-refractivity contribution in [2.24, 2.45) is 0 Å². The fraction of sp³-hybridized carbons (Fsp3) is 0.250. The van der Waals surface area contributed by atoms with Gasteiger partial charge >= 0.3 is 6.03 Å². The zero-order chi connectivity index (χ0) is 17.2. The molecule has 3 aromatic rings. The molecule has 3 heterocycles. The lowest BCUT2D eigenvalue weighted by atomic mass is 10.3. The SMILES string of the molecule is O=C(Nc1ccc(Cl)cc1)N1CCN(c2ccc3nncn3n2)CC1. The molecule has 1 N–H and O–H groups in total. The molecular formula is C16H16ClN7O. The highest BCUT2D eigenvalue weighted by Gasteiger charge is 2.22. The third-order valence-electron chi connectivity index (χ3n) is 4.13. The molecule has 0 atom stereocenters. The molecule has 0 unspecified atom stereocenters. The van der Waals surface area contributed by atoms with Crippen LogP contribution in [0.3, 0.4) is 0 Å². The zero-order valence-electron chi connectivity index (χ0n) is 13.3. The van der Waals surface area contributed by atoms with Crippen LogP contribution in [0.25, 0.3) is 5.65 Å². The Morgan fingerprint density at radius 1 is 1.04 bits per heavy atom. The number of nitrogens with one attached hydrogen (secondary N) is 1. The van der Waals surface area contributed by atoms with Crippen LogP contribution in [0, 0.1) is 0 Å². The maximum atomic E-state index is 12.4. The number of benzene rings is 1. The first-order valence-electron chi connectivity index (χ1n) is 7.92. The minimum absolute atomic E-state index is 0.107. The van der Waals surface area contributed by atoms with Crippen LogP contribution >= 0.6 is 11.6 Å². The van der Waals surface area contributed by atoms with Crippen molar-refractivity contribution >= 4 is 34.8 Å². The molecule has 9 heteroatoms. The summed E-state index contributed by atoms with van der Waals surface area (Å²) in [5.74, 6) is 0.852. The molecular weight excluding hydrogens is 342 g/mol. The van der Waals surface area contributed by atoms with Gasteiger partial charge < -0.3 is 15.1 Å². The van der Waals surface area contributed by atoms with Crippen LogP contribution in [-0.2, 0) is 0 Å². The van der Waals surface area contributed by atoms with Crippen LogP contribution in [0.15, 0.2) is 42.7 Å². The number of halogens is 1. The lowest BCUT2D eigenvalue weighted by Crippen LogP contribution is -2.50. The average molecular weight is 358 g/mol. The predicted molar refractivity (Wildman–Crippen MR) is 95.0 cm³/mol. The normalized spacial score (nSPS) is 14.8. The van der Waals surface area contributed by atoms with Gasteiger partial charge in [-0.3, -0.25) is 0 Å². The highest BCUT2D eigenvalue weighted by atomic mass is 35.5. The van der Waals surface area contributed by atoms with Gasteiger partial charge in [-0.1, -0.05) is 11.6 Å². The van der Waals surface area contributed by atoms with Gasteiger partial charge in [-0.15, -0.1) is 15.3 Å². The Kier molecular flexibility index (Phi) is 4.10. The smallest absolute Gasteiger partial charge is 0.321 e. The number of rotatable bonds is 2. The summed E-state index contributed by atoms with van der Waals surface area (Å²) in [4.78, 5) is 16.3. The summed E-state index contributed by atoms with van der Waals surface area (Å²) in [5.41, 5.74) is 1.45. The Morgan fingerprint density at radius 3 is 2.56 bits per heavy atom. The Labute approximate surface area is 149 Å². The summed E-state index contributed by atoms with van der Waals surface area (Å²) < 4.78 is 1.65. The minimum Gasteiger partial charge on any atom is -0.352 e. The summed E-state index contributed by atoms with van der Waals surface area (Å²) >= 11 is 5.86. The summed E-state index contributed by atoms with van der Waals surface area (Å²) in [5, 5.41) is 15.8. The van der Waals surface area contributed by atoms with Gasteiger partial charge in [0.1, 0.15) is 12.1 Å². The second kappa shape index (κ2) is 6.56. The van der Waals surface area contributed by atoms with Gasteiger partial charge in [0.05, 0.1) is 0 Å². The van der Waals surface area contributed by atoms with E-state index in [9.17, 15) is 4.79 Å². The molecule has 1 aliphatic rings. The van der Waals surface area contributed by atoms with Gasteiger partial charge in [0, 0.05) is 36.9 Å². The maximum Gasteiger partial charge on any atom is 0.321 e. The first-order chi connectivity index (χ1) is 12.2. The van der Waals surface area contributed by atoms with E-state index in [1.165, 1.54) is 0 Å². The van der Waals surface area contributed by atoms with Gasteiger partial charge in [-0.2, -0.15) is 4.52 Å². The van der Waals surface area contributed by atoms with Crippen molar-refractivity contribution < 1.29 is 4.79 Å². The van der Waals surface area contributed by atoms with E-state index in [-0.39, 0.29) is 6.03 Å². The molecule has 1 aliphatic heterocycles. The lowest BCUT2D eigenvalue weighted by Gasteiger charge is -2.35. The molecule has 128 valence electrons. The van der Waals surface area contributed by atoms with Crippen LogP contribution in [0.2, 0.25) is 5.02 Å². The molecule has 25 heavy (non-hydrogen) atoms. The Bertz CT molecular complexity index is 887. The van der Waals surface area contributed by atoms with Crippen LogP contribution < -0.4 is 10.2 Å². The summed E-state index contributed by atoms with van der Waals surface area (Å²) in [7, 11) is 0. The Morgan fingerprint density at radius 2 is 1.80 bits per heavy atom. The standard InChI is InChI=1S/C16H16ClN7O/c17-12-1-3-13(4-2-12)19-16(25)23-9-7-22(8-10-23)15-6-5-14-20-18-11-24(14)21-15/h1-6,11H,7-10H2,(H,19,25). The molecule has 1 saturated heterocycles. The molecule has 2 aromatic heterocycles. The molecule has 0 spiro atoms. The van der Waals surface area contributed by atoms with Crippen molar-refractivity contribution in [3.63, 3.8) is 0 Å². The molecule has 0 radical (unpaired) electrons. The molecule has 8 nitrogen and oxygen atoms in total. The van der Waals surface area contributed by atoms with E-state index in [1.54, 1.807) is 40.0 Å². The number of aromatic nitrogens is 4. The van der Waals surface area contributed by atoms with E-state index in [1.807, 2.05) is 12.1 Å².